The molecule has 0 unspecified atom stereocenters. The number of hydrogen-bond donors (Lipinski definition) is 1. The minimum Gasteiger partial charge on any atom is -0.342 e. The monoisotopic (exact) mass is 328 g/mol. The normalized spacial score (nSPS) is 14.0. The maximum Gasteiger partial charge on any atom is 0.226 e. The third-order valence-electron chi connectivity index (χ3n) is 4.56. The molecule has 1 aromatic carbocycles. The standard InChI is InChI=1S/C20H28N2O2/c1-16-8-6-7-11-19(16)21-20(24)13-15-22(17(2)23)14-12-18-9-4-3-5-10-18/h6-9,11H,3-5,10,12-15H2,1-2H3,(H,21,24). The highest BCUT2D eigenvalue weighted by Crippen LogP contribution is 2.20. The van der Waals surface area contributed by atoms with Crippen molar-refractivity contribution in [2.45, 2.75) is 52.4 Å². The van der Waals surface area contributed by atoms with Gasteiger partial charge in [-0.15, -0.1) is 0 Å². The molecule has 1 aliphatic rings. The number of nitrogens with one attached hydrogen (secondary N) is 1. The average Bonchev–Trinajstić information content (AvgIpc) is 2.57. The van der Waals surface area contributed by atoms with E-state index < -0.39 is 0 Å². The highest BCUT2D eigenvalue weighted by Gasteiger charge is 2.13. The molecule has 0 aliphatic heterocycles. The van der Waals surface area contributed by atoms with Gasteiger partial charge in [0.1, 0.15) is 0 Å². The van der Waals surface area contributed by atoms with Gasteiger partial charge in [0.05, 0.1) is 0 Å². The number of carbonyl (C=O) groups excluding carboxylic acids is 2. The van der Waals surface area contributed by atoms with Crippen LogP contribution in [0, 0.1) is 6.92 Å². The summed E-state index contributed by atoms with van der Waals surface area (Å²) in [6, 6.07) is 7.71. The van der Waals surface area contributed by atoms with Gasteiger partial charge in [-0.05, 0) is 50.7 Å². The molecular formula is C20H28N2O2. The Morgan fingerprint density at radius 1 is 1.17 bits per heavy atom. The molecule has 0 spiro atoms. The first-order chi connectivity index (χ1) is 11.6. The van der Waals surface area contributed by atoms with Crippen LogP contribution in [-0.4, -0.2) is 29.8 Å². The van der Waals surface area contributed by atoms with Gasteiger partial charge in [-0.25, -0.2) is 0 Å². The Labute approximate surface area is 144 Å². The zero-order valence-electron chi connectivity index (χ0n) is 14.8. The molecule has 2 amide bonds. The Morgan fingerprint density at radius 3 is 2.62 bits per heavy atom. The molecule has 0 saturated heterocycles. The van der Waals surface area contributed by atoms with Crippen molar-refractivity contribution in [2.75, 3.05) is 18.4 Å². The number of amides is 2. The molecule has 2 rings (SSSR count). The van der Waals surface area contributed by atoms with Crippen LogP contribution in [0.15, 0.2) is 35.9 Å². The van der Waals surface area contributed by atoms with Crippen LogP contribution in [0.2, 0.25) is 0 Å². The number of para-hydroxylation sites is 1. The number of anilines is 1. The van der Waals surface area contributed by atoms with E-state index in [1.54, 1.807) is 11.8 Å². The highest BCUT2D eigenvalue weighted by molar-refractivity contribution is 5.91. The van der Waals surface area contributed by atoms with Crippen LogP contribution in [-0.2, 0) is 9.59 Å². The zero-order chi connectivity index (χ0) is 17.4. The maximum absolute atomic E-state index is 12.1. The predicted molar refractivity (Wildman–Crippen MR) is 97.8 cm³/mol. The van der Waals surface area contributed by atoms with E-state index in [0.717, 1.165) is 30.5 Å². The molecule has 1 aliphatic carbocycles. The second kappa shape index (κ2) is 9.26. The summed E-state index contributed by atoms with van der Waals surface area (Å²) in [4.78, 5) is 25.7. The molecule has 0 saturated carbocycles. The van der Waals surface area contributed by atoms with Crippen molar-refractivity contribution >= 4 is 17.5 Å². The van der Waals surface area contributed by atoms with E-state index in [4.69, 9.17) is 0 Å². The van der Waals surface area contributed by atoms with Gasteiger partial charge in [-0.2, -0.15) is 0 Å². The summed E-state index contributed by atoms with van der Waals surface area (Å²) in [6.07, 6.45) is 8.41. The second-order valence-electron chi connectivity index (χ2n) is 6.48. The van der Waals surface area contributed by atoms with Crippen LogP contribution in [0.4, 0.5) is 5.69 Å². The summed E-state index contributed by atoms with van der Waals surface area (Å²) in [5, 5.41) is 2.92. The lowest BCUT2D eigenvalue weighted by Gasteiger charge is -2.22. The Hall–Kier alpha value is -2.10. The second-order valence-corrected chi connectivity index (χ2v) is 6.48. The predicted octanol–water partition coefficient (Wildman–Crippen LogP) is 4.06. The van der Waals surface area contributed by atoms with Crippen molar-refractivity contribution in [3.63, 3.8) is 0 Å². The number of carbonyl (C=O) groups is 2. The first kappa shape index (κ1) is 18.2. The fraction of sp³-hybridized carbons (Fsp3) is 0.500. The summed E-state index contributed by atoms with van der Waals surface area (Å²) in [7, 11) is 0. The summed E-state index contributed by atoms with van der Waals surface area (Å²) >= 11 is 0. The van der Waals surface area contributed by atoms with Crippen LogP contribution in [0.3, 0.4) is 0 Å². The Balaban J connectivity index is 1.80. The third kappa shape index (κ3) is 5.84. The highest BCUT2D eigenvalue weighted by atomic mass is 16.2. The first-order valence-electron chi connectivity index (χ1n) is 8.85. The van der Waals surface area contributed by atoms with Crippen LogP contribution in [0.1, 0.15) is 51.0 Å². The fourth-order valence-corrected chi connectivity index (χ4v) is 3.00. The number of rotatable bonds is 7. The van der Waals surface area contributed by atoms with Crippen LogP contribution in [0.25, 0.3) is 0 Å². The number of hydrogen-bond acceptors (Lipinski definition) is 2. The first-order valence-corrected chi connectivity index (χ1v) is 8.85. The number of benzene rings is 1. The maximum atomic E-state index is 12.1. The summed E-state index contributed by atoms with van der Waals surface area (Å²) in [5.41, 5.74) is 3.33. The van der Waals surface area contributed by atoms with Gasteiger partial charge >= 0.3 is 0 Å². The third-order valence-corrected chi connectivity index (χ3v) is 4.56. The quantitative estimate of drug-likeness (QED) is 0.767. The van der Waals surface area contributed by atoms with Gasteiger partial charge < -0.3 is 10.2 Å². The number of nitrogens with zero attached hydrogens (tertiary/aromatic N) is 1. The molecule has 0 aromatic heterocycles. The van der Waals surface area contributed by atoms with Gasteiger partial charge in [0, 0.05) is 32.1 Å². The topological polar surface area (TPSA) is 49.4 Å². The summed E-state index contributed by atoms with van der Waals surface area (Å²) in [5.74, 6) is -0.0115. The molecule has 0 fully saturated rings. The summed E-state index contributed by atoms with van der Waals surface area (Å²) in [6.45, 7) is 4.73. The Morgan fingerprint density at radius 2 is 1.96 bits per heavy atom. The molecule has 24 heavy (non-hydrogen) atoms. The molecule has 130 valence electrons. The van der Waals surface area contributed by atoms with E-state index in [9.17, 15) is 9.59 Å². The molecule has 1 N–H and O–H groups in total. The molecular weight excluding hydrogens is 300 g/mol. The van der Waals surface area contributed by atoms with Crippen molar-refractivity contribution < 1.29 is 9.59 Å². The van der Waals surface area contributed by atoms with E-state index in [0.29, 0.717) is 19.5 Å². The van der Waals surface area contributed by atoms with E-state index in [1.165, 1.54) is 18.4 Å². The van der Waals surface area contributed by atoms with Crippen molar-refractivity contribution in [2.24, 2.45) is 0 Å². The van der Waals surface area contributed by atoms with E-state index in [-0.39, 0.29) is 11.8 Å². The molecule has 0 radical (unpaired) electrons. The largest absolute Gasteiger partial charge is 0.342 e. The SMILES string of the molecule is CC(=O)N(CCC(=O)Nc1ccccc1C)CCC1=CCCCC1. The van der Waals surface area contributed by atoms with Gasteiger partial charge in [-0.3, -0.25) is 9.59 Å². The molecule has 0 atom stereocenters. The van der Waals surface area contributed by atoms with E-state index >= 15 is 0 Å². The lowest BCUT2D eigenvalue weighted by Crippen LogP contribution is -2.33. The lowest BCUT2D eigenvalue weighted by molar-refractivity contribution is -0.129. The van der Waals surface area contributed by atoms with Crippen LogP contribution < -0.4 is 5.32 Å². The minimum absolute atomic E-state index is 0.0371. The molecule has 4 heteroatoms. The van der Waals surface area contributed by atoms with Gasteiger partial charge in [0.25, 0.3) is 0 Å². The van der Waals surface area contributed by atoms with Crippen molar-refractivity contribution in [1.82, 2.24) is 4.90 Å². The molecule has 0 heterocycles. The molecule has 1 aromatic rings. The molecule has 4 nitrogen and oxygen atoms in total. The van der Waals surface area contributed by atoms with Gasteiger partial charge in [-0.1, -0.05) is 29.8 Å². The zero-order valence-corrected chi connectivity index (χ0v) is 14.8. The summed E-state index contributed by atoms with van der Waals surface area (Å²) < 4.78 is 0. The molecule has 0 bridgehead atoms. The minimum atomic E-state index is -0.0487. The van der Waals surface area contributed by atoms with Crippen LogP contribution >= 0.6 is 0 Å². The Kier molecular flexibility index (Phi) is 7.04. The lowest BCUT2D eigenvalue weighted by atomic mass is 9.97. The van der Waals surface area contributed by atoms with Gasteiger partial charge in [0.2, 0.25) is 11.8 Å². The van der Waals surface area contributed by atoms with Gasteiger partial charge in [0.15, 0.2) is 0 Å². The van der Waals surface area contributed by atoms with E-state index in [2.05, 4.69) is 11.4 Å². The average molecular weight is 328 g/mol. The number of allylic oxidation sites excluding steroid dienone is 1. The van der Waals surface area contributed by atoms with E-state index in [1.807, 2.05) is 31.2 Å². The fourth-order valence-electron chi connectivity index (χ4n) is 3.00. The van der Waals surface area contributed by atoms with Crippen molar-refractivity contribution in [3.05, 3.63) is 41.5 Å². The Bertz CT molecular complexity index is 607. The van der Waals surface area contributed by atoms with Crippen molar-refractivity contribution in [1.29, 1.82) is 0 Å². The van der Waals surface area contributed by atoms with Crippen LogP contribution in [0.5, 0.6) is 0 Å². The number of aryl methyl sites for hydroxylation is 1. The van der Waals surface area contributed by atoms with Crippen molar-refractivity contribution in [3.8, 4) is 0 Å². The smallest absolute Gasteiger partial charge is 0.226 e.